The summed E-state index contributed by atoms with van der Waals surface area (Å²) < 4.78 is 28.6. The maximum absolute atomic E-state index is 12.2. The number of rotatable bonds is 6. The maximum Gasteiger partial charge on any atom is 0.387 e. The zero-order valence-electron chi connectivity index (χ0n) is 12.4. The van der Waals surface area contributed by atoms with E-state index in [4.69, 9.17) is 0 Å². The van der Waals surface area contributed by atoms with Gasteiger partial charge in [-0.25, -0.2) is 0 Å². The lowest BCUT2D eigenvalue weighted by Crippen LogP contribution is -2.12. The van der Waals surface area contributed by atoms with Crippen molar-refractivity contribution in [1.29, 1.82) is 0 Å². The molecule has 0 saturated heterocycles. The van der Waals surface area contributed by atoms with Crippen LogP contribution in [0.2, 0.25) is 0 Å². The Morgan fingerprint density at radius 1 is 1.36 bits per heavy atom. The highest BCUT2D eigenvalue weighted by Crippen LogP contribution is 2.24. The first kappa shape index (κ1) is 16.4. The molecule has 0 aliphatic carbocycles. The van der Waals surface area contributed by atoms with Gasteiger partial charge in [0, 0.05) is 15.9 Å². The van der Waals surface area contributed by atoms with Crippen LogP contribution in [0.15, 0.2) is 29.6 Å². The second kappa shape index (κ2) is 7.35. The molecule has 6 heteroatoms. The fourth-order valence-corrected chi connectivity index (χ4v) is 2.99. The van der Waals surface area contributed by atoms with E-state index in [1.165, 1.54) is 17.0 Å². The molecule has 0 spiro atoms. The van der Waals surface area contributed by atoms with Crippen LogP contribution < -0.4 is 10.1 Å². The molecule has 3 nitrogen and oxygen atoms in total. The van der Waals surface area contributed by atoms with Crippen LogP contribution in [0.5, 0.6) is 5.75 Å². The van der Waals surface area contributed by atoms with Gasteiger partial charge < -0.3 is 10.1 Å². The number of ether oxygens (including phenoxy) is 1. The van der Waals surface area contributed by atoms with E-state index in [0.29, 0.717) is 16.8 Å². The highest BCUT2D eigenvalue weighted by atomic mass is 32.1. The van der Waals surface area contributed by atoms with Gasteiger partial charge in [-0.2, -0.15) is 8.78 Å². The lowest BCUT2D eigenvalue weighted by molar-refractivity contribution is -0.0498. The molecule has 0 fully saturated rings. The van der Waals surface area contributed by atoms with Crippen LogP contribution in [0.25, 0.3) is 0 Å². The summed E-state index contributed by atoms with van der Waals surface area (Å²) in [6.07, 6.45) is 1.99. The summed E-state index contributed by atoms with van der Waals surface area (Å²) in [7, 11) is 0. The Morgan fingerprint density at radius 2 is 2.14 bits per heavy atom. The number of thiophene rings is 1. The van der Waals surface area contributed by atoms with Gasteiger partial charge in [-0.15, -0.1) is 11.3 Å². The number of anilines is 1. The van der Waals surface area contributed by atoms with Crippen molar-refractivity contribution in [2.24, 2.45) is 0 Å². The number of nitrogens with one attached hydrogen (secondary N) is 1. The number of aryl methyl sites for hydroxylation is 2. The summed E-state index contributed by atoms with van der Waals surface area (Å²) in [6, 6.07) is 6.32. The Hall–Kier alpha value is -1.95. The molecule has 1 N–H and O–H groups in total. The predicted molar refractivity (Wildman–Crippen MR) is 84.1 cm³/mol. The monoisotopic (exact) mass is 325 g/mol. The Balaban J connectivity index is 2.07. The fourth-order valence-electron chi connectivity index (χ4n) is 2.02. The van der Waals surface area contributed by atoms with Gasteiger partial charge in [0.1, 0.15) is 5.75 Å². The topological polar surface area (TPSA) is 38.3 Å². The molecule has 2 aromatic rings. The smallest absolute Gasteiger partial charge is 0.387 e. The molecule has 1 heterocycles. The lowest BCUT2D eigenvalue weighted by atomic mass is 10.1. The normalized spacial score (nSPS) is 10.8. The number of amides is 1. The van der Waals surface area contributed by atoms with Crippen molar-refractivity contribution in [2.45, 2.75) is 33.3 Å². The van der Waals surface area contributed by atoms with E-state index in [-0.39, 0.29) is 11.7 Å². The van der Waals surface area contributed by atoms with Crippen LogP contribution in [0.1, 0.15) is 34.1 Å². The molecule has 0 aliphatic heterocycles. The van der Waals surface area contributed by atoms with E-state index < -0.39 is 6.61 Å². The first-order valence-electron chi connectivity index (χ1n) is 6.93. The molecule has 1 aromatic heterocycles. The van der Waals surface area contributed by atoms with Crippen molar-refractivity contribution in [1.82, 2.24) is 0 Å². The Kier molecular flexibility index (Phi) is 5.49. The van der Waals surface area contributed by atoms with E-state index in [1.807, 2.05) is 11.4 Å². The van der Waals surface area contributed by atoms with Crippen molar-refractivity contribution < 1.29 is 18.3 Å². The van der Waals surface area contributed by atoms with Crippen LogP contribution in [-0.2, 0) is 6.42 Å². The zero-order valence-corrected chi connectivity index (χ0v) is 13.2. The van der Waals surface area contributed by atoms with Crippen LogP contribution in [0, 0.1) is 6.92 Å². The molecule has 22 heavy (non-hydrogen) atoms. The van der Waals surface area contributed by atoms with Gasteiger partial charge in [0.25, 0.3) is 5.91 Å². The molecule has 0 saturated carbocycles. The van der Waals surface area contributed by atoms with Gasteiger partial charge in [-0.05, 0) is 43.2 Å². The number of carbonyl (C=O) groups is 1. The number of carbonyl (C=O) groups excluding carboxylic acids is 1. The van der Waals surface area contributed by atoms with Crippen molar-refractivity contribution in [2.75, 3.05) is 5.32 Å². The first-order chi connectivity index (χ1) is 10.5. The van der Waals surface area contributed by atoms with Gasteiger partial charge >= 0.3 is 6.61 Å². The maximum atomic E-state index is 12.2. The number of hydrogen-bond acceptors (Lipinski definition) is 3. The van der Waals surface area contributed by atoms with Gasteiger partial charge in [0.05, 0.1) is 5.56 Å². The quantitative estimate of drug-likeness (QED) is 0.823. The van der Waals surface area contributed by atoms with E-state index in [0.717, 1.165) is 12.8 Å². The minimum Gasteiger partial charge on any atom is -0.435 e. The van der Waals surface area contributed by atoms with Crippen LogP contribution in [-0.4, -0.2) is 12.5 Å². The van der Waals surface area contributed by atoms with Gasteiger partial charge in [-0.3, -0.25) is 4.79 Å². The zero-order chi connectivity index (χ0) is 16.1. The molecule has 2 rings (SSSR count). The third-order valence-electron chi connectivity index (χ3n) is 3.08. The lowest BCUT2D eigenvalue weighted by Gasteiger charge is -2.10. The summed E-state index contributed by atoms with van der Waals surface area (Å²) in [4.78, 5) is 13.4. The average molecular weight is 325 g/mol. The predicted octanol–water partition coefficient (Wildman–Crippen LogP) is 4.86. The second-order valence-corrected chi connectivity index (χ2v) is 5.86. The standard InChI is InChI=1S/C16H17F2NO2S/c1-3-4-13-8-11(9-22-13)15(20)19-14-6-5-12(7-10(14)2)21-16(17)18/h5-9,16H,3-4H2,1-2H3,(H,19,20). The molecular weight excluding hydrogens is 308 g/mol. The molecular formula is C16H17F2NO2S. The van der Waals surface area contributed by atoms with Crippen molar-refractivity contribution in [3.05, 3.63) is 45.6 Å². The molecule has 0 radical (unpaired) electrons. The van der Waals surface area contributed by atoms with Crippen LogP contribution in [0.3, 0.4) is 0 Å². The minimum atomic E-state index is -2.86. The summed E-state index contributed by atoms with van der Waals surface area (Å²) in [5.41, 5.74) is 1.85. The van der Waals surface area contributed by atoms with Gasteiger partial charge in [0.2, 0.25) is 0 Å². The Labute approximate surface area is 131 Å². The van der Waals surface area contributed by atoms with E-state index in [9.17, 15) is 13.6 Å². The van der Waals surface area contributed by atoms with Crippen LogP contribution >= 0.6 is 11.3 Å². The molecule has 118 valence electrons. The molecule has 0 aliphatic rings. The summed E-state index contributed by atoms with van der Waals surface area (Å²) in [6.45, 7) is 0.957. The average Bonchev–Trinajstić information content (AvgIpc) is 2.90. The number of halogens is 2. The van der Waals surface area contributed by atoms with Gasteiger partial charge in [-0.1, -0.05) is 13.3 Å². The van der Waals surface area contributed by atoms with Crippen molar-refractivity contribution in [3.8, 4) is 5.75 Å². The Bertz CT molecular complexity index is 655. The van der Waals surface area contributed by atoms with E-state index in [2.05, 4.69) is 17.0 Å². The third-order valence-corrected chi connectivity index (χ3v) is 4.08. The van der Waals surface area contributed by atoms with Crippen LogP contribution in [0.4, 0.5) is 14.5 Å². The second-order valence-electron chi connectivity index (χ2n) is 4.86. The van der Waals surface area contributed by atoms with Crippen molar-refractivity contribution in [3.63, 3.8) is 0 Å². The highest BCUT2D eigenvalue weighted by Gasteiger charge is 2.11. The molecule has 0 bridgehead atoms. The largest absolute Gasteiger partial charge is 0.435 e. The van der Waals surface area contributed by atoms with E-state index in [1.54, 1.807) is 24.3 Å². The minimum absolute atomic E-state index is 0.0752. The highest BCUT2D eigenvalue weighted by molar-refractivity contribution is 7.10. The Morgan fingerprint density at radius 3 is 2.77 bits per heavy atom. The summed E-state index contributed by atoms with van der Waals surface area (Å²) in [5.74, 6) is -0.129. The van der Waals surface area contributed by atoms with Gasteiger partial charge in [0.15, 0.2) is 0 Å². The van der Waals surface area contributed by atoms with E-state index >= 15 is 0 Å². The summed E-state index contributed by atoms with van der Waals surface area (Å²) >= 11 is 1.56. The molecule has 1 aromatic carbocycles. The number of hydrogen-bond donors (Lipinski definition) is 1. The fraction of sp³-hybridized carbons (Fsp3) is 0.312. The molecule has 1 amide bonds. The van der Waals surface area contributed by atoms with Crippen molar-refractivity contribution >= 4 is 22.9 Å². The molecule has 0 unspecified atom stereocenters. The molecule has 0 atom stereocenters. The third kappa shape index (κ3) is 4.27. The first-order valence-corrected chi connectivity index (χ1v) is 7.81. The number of benzene rings is 1. The SMILES string of the molecule is CCCc1cc(C(=O)Nc2ccc(OC(F)F)cc2C)cs1. The number of alkyl halides is 2. The summed E-state index contributed by atoms with van der Waals surface area (Å²) in [5, 5.41) is 4.61.